The van der Waals surface area contributed by atoms with Gasteiger partial charge in [-0.05, 0) is 24.1 Å². The zero-order chi connectivity index (χ0) is 14.4. The summed E-state index contributed by atoms with van der Waals surface area (Å²) in [5.41, 5.74) is 5.96. The molecule has 0 spiro atoms. The molecule has 0 amide bonds. The number of carboxylic acids is 1. The molecule has 4 N–H and O–H groups in total. The van der Waals surface area contributed by atoms with Gasteiger partial charge in [-0.1, -0.05) is 12.1 Å². The number of hydrogen-bond donors (Lipinski definition) is 3. The van der Waals surface area contributed by atoms with E-state index in [-0.39, 0.29) is 12.8 Å². The lowest BCUT2D eigenvalue weighted by Crippen LogP contribution is -2.36. The molecule has 1 rings (SSSR count). The number of benzene rings is 1. The Hall–Kier alpha value is -1.79. The molecule has 0 saturated carbocycles. The van der Waals surface area contributed by atoms with Gasteiger partial charge in [0.2, 0.25) is 0 Å². The minimum atomic E-state index is -1.12. The molecule has 0 heterocycles. The molecule has 19 heavy (non-hydrogen) atoms. The molecule has 1 aromatic carbocycles. The summed E-state index contributed by atoms with van der Waals surface area (Å²) < 4.78 is 12.7. The van der Waals surface area contributed by atoms with E-state index >= 15 is 0 Å². The van der Waals surface area contributed by atoms with Crippen molar-refractivity contribution in [3.63, 3.8) is 0 Å². The minimum Gasteiger partial charge on any atom is -0.481 e. The summed E-state index contributed by atoms with van der Waals surface area (Å²) in [6.45, 7) is -0.512. The monoisotopic (exact) mass is 269 g/mol. The van der Waals surface area contributed by atoms with E-state index in [1.54, 1.807) is 0 Å². The minimum absolute atomic E-state index is 0.111. The van der Waals surface area contributed by atoms with Crippen molar-refractivity contribution in [1.29, 1.82) is 0 Å². The Morgan fingerprint density at radius 2 is 1.84 bits per heavy atom. The highest BCUT2D eigenvalue weighted by Crippen LogP contribution is 2.14. The van der Waals surface area contributed by atoms with Crippen LogP contribution in [0.15, 0.2) is 24.3 Å². The summed E-state index contributed by atoms with van der Waals surface area (Å²) in [6.07, 6.45) is -0.145. The first-order valence-corrected chi connectivity index (χ1v) is 5.80. The van der Waals surface area contributed by atoms with Crippen molar-refractivity contribution < 1.29 is 24.2 Å². The normalized spacial score (nSPS) is 13.8. The summed E-state index contributed by atoms with van der Waals surface area (Å²) in [5.74, 6) is -2.97. The maximum atomic E-state index is 12.7. The lowest BCUT2D eigenvalue weighted by Gasteiger charge is -2.14. The van der Waals surface area contributed by atoms with Gasteiger partial charge in [-0.3, -0.25) is 9.59 Å². The number of aliphatic hydroxyl groups excluding tert-OH is 1. The second-order valence-corrected chi connectivity index (χ2v) is 4.33. The first kappa shape index (κ1) is 15.3. The highest BCUT2D eigenvalue weighted by molar-refractivity contribution is 5.87. The third-order valence-electron chi connectivity index (χ3n) is 2.80. The van der Waals surface area contributed by atoms with Crippen molar-refractivity contribution in [3.05, 3.63) is 35.6 Å². The maximum absolute atomic E-state index is 12.7. The van der Waals surface area contributed by atoms with Crippen molar-refractivity contribution >= 4 is 11.8 Å². The second-order valence-electron chi connectivity index (χ2n) is 4.33. The molecule has 0 radical (unpaired) electrons. The van der Waals surface area contributed by atoms with E-state index in [1.807, 2.05) is 0 Å². The number of carbonyl (C=O) groups excluding carboxylic acids is 1. The van der Waals surface area contributed by atoms with E-state index < -0.39 is 36.1 Å². The number of aliphatic hydroxyl groups is 1. The third-order valence-corrected chi connectivity index (χ3v) is 2.80. The molecular formula is C13H16FNO4. The summed E-state index contributed by atoms with van der Waals surface area (Å²) >= 11 is 0. The number of carboxylic acid groups (broad SMARTS) is 1. The molecule has 0 aliphatic carbocycles. The Labute approximate surface area is 109 Å². The summed E-state index contributed by atoms with van der Waals surface area (Å²) in [5, 5.41) is 17.8. The average Bonchev–Trinajstić information content (AvgIpc) is 2.39. The quantitative estimate of drug-likeness (QED) is 0.663. The molecule has 0 aliphatic rings. The fourth-order valence-corrected chi connectivity index (χ4v) is 1.65. The lowest BCUT2D eigenvalue weighted by molar-refractivity contribution is -0.144. The largest absolute Gasteiger partial charge is 0.481 e. The van der Waals surface area contributed by atoms with Gasteiger partial charge >= 0.3 is 5.97 Å². The van der Waals surface area contributed by atoms with Gasteiger partial charge in [0, 0.05) is 6.42 Å². The van der Waals surface area contributed by atoms with Crippen LogP contribution in [-0.2, 0) is 16.0 Å². The predicted octanol–water partition coefficient (Wildman–Crippen LogP) is 0.348. The third kappa shape index (κ3) is 4.76. The molecule has 0 fully saturated rings. The molecule has 0 aromatic heterocycles. The molecule has 6 heteroatoms. The maximum Gasteiger partial charge on any atom is 0.307 e. The zero-order valence-electron chi connectivity index (χ0n) is 10.3. The molecule has 0 aliphatic heterocycles. The van der Waals surface area contributed by atoms with Gasteiger partial charge in [-0.2, -0.15) is 0 Å². The number of nitrogens with two attached hydrogens (primary N) is 1. The van der Waals surface area contributed by atoms with Crippen LogP contribution in [0.5, 0.6) is 0 Å². The van der Waals surface area contributed by atoms with Gasteiger partial charge in [0.25, 0.3) is 0 Å². The first-order chi connectivity index (χ1) is 8.93. The zero-order valence-corrected chi connectivity index (χ0v) is 10.3. The summed E-state index contributed by atoms with van der Waals surface area (Å²) in [7, 11) is 0. The Morgan fingerprint density at radius 3 is 2.32 bits per heavy atom. The molecule has 2 atom stereocenters. The van der Waals surface area contributed by atoms with Gasteiger partial charge in [0.15, 0.2) is 5.78 Å². The molecular weight excluding hydrogens is 253 g/mol. The van der Waals surface area contributed by atoms with Crippen molar-refractivity contribution in [2.24, 2.45) is 11.7 Å². The lowest BCUT2D eigenvalue weighted by atomic mass is 9.92. The van der Waals surface area contributed by atoms with E-state index in [1.165, 1.54) is 24.3 Å². The number of ketones is 1. The van der Waals surface area contributed by atoms with Gasteiger partial charge in [-0.15, -0.1) is 0 Å². The number of hydrogen-bond acceptors (Lipinski definition) is 4. The van der Waals surface area contributed by atoms with Gasteiger partial charge in [0.05, 0.1) is 18.6 Å². The van der Waals surface area contributed by atoms with E-state index in [9.17, 15) is 14.0 Å². The van der Waals surface area contributed by atoms with Crippen molar-refractivity contribution in [2.75, 3.05) is 6.61 Å². The Bertz CT molecular complexity index is 446. The number of carbonyl (C=O) groups is 2. The SMILES string of the molecule is N[C@@H](CO)C(=O)CC(Cc1ccc(F)cc1)C(=O)O. The number of halogens is 1. The Kier molecular flexibility index (Phi) is 5.59. The molecule has 1 unspecified atom stereocenters. The number of Topliss-reactive ketones (excluding diaryl/α,β-unsaturated/α-hetero) is 1. The van der Waals surface area contributed by atoms with Crippen LogP contribution in [0.25, 0.3) is 0 Å². The van der Waals surface area contributed by atoms with E-state index in [0.29, 0.717) is 5.56 Å². The van der Waals surface area contributed by atoms with Crippen LogP contribution < -0.4 is 5.73 Å². The topological polar surface area (TPSA) is 101 Å². The molecule has 0 bridgehead atoms. The fraction of sp³-hybridized carbons (Fsp3) is 0.385. The second kappa shape index (κ2) is 6.96. The van der Waals surface area contributed by atoms with E-state index in [2.05, 4.69) is 0 Å². The van der Waals surface area contributed by atoms with Crippen molar-refractivity contribution in [1.82, 2.24) is 0 Å². The van der Waals surface area contributed by atoms with Crippen LogP contribution >= 0.6 is 0 Å². The molecule has 1 aromatic rings. The van der Waals surface area contributed by atoms with Crippen LogP contribution in [0.4, 0.5) is 4.39 Å². The first-order valence-electron chi connectivity index (χ1n) is 5.80. The number of aliphatic carboxylic acids is 1. The van der Waals surface area contributed by atoms with Gasteiger partial charge in [0.1, 0.15) is 5.82 Å². The van der Waals surface area contributed by atoms with Crippen LogP contribution in [0.2, 0.25) is 0 Å². The van der Waals surface area contributed by atoms with Gasteiger partial charge < -0.3 is 15.9 Å². The Morgan fingerprint density at radius 1 is 1.26 bits per heavy atom. The van der Waals surface area contributed by atoms with Gasteiger partial charge in [-0.25, -0.2) is 4.39 Å². The standard InChI is InChI=1S/C13H16FNO4/c14-10-3-1-8(2-4-10)5-9(13(18)19)6-12(17)11(15)7-16/h1-4,9,11,16H,5-7,15H2,(H,18,19)/t9?,11-/m0/s1. The average molecular weight is 269 g/mol. The highest BCUT2D eigenvalue weighted by Gasteiger charge is 2.24. The predicted molar refractivity (Wildman–Crippen MR) is 65.9 cm³/mol. The summed E-state index contributed by atoms with van der Waals surface area (Å²) in [6, 6.07) is 4.35. The Balaban J connectivity index is 2.71. The van der Waals surface area contributed by atoms with E-state index in [0.717, 1.165) is 0 Å². The smallest absolute Gasteiger partial charge is 0.307 e. The molecule has 0 saturated heterocycles. The highest BCUT2D eigenvalue weighted by atomic mass is 19.1. The fourth-order valence-electron chi connectivity index (χ4n) is 1.65. The van der Waals surface area contributed by atoms with Crippen LogP contribution in [-0.4, -0.2) is 34.6 Å². The van der Waals surface area contributed by atoms with Crippen molar-refractivity contribution in [3.8, 4) is 0 Å². The summed E-state index contributed by atoms with van der Waals surface area (Å²) in [4.78, 5) is 22.6. The molecule has 104 valence electrons. The van der Waals surface area contributed by atoms with Crippen molar-refractivity contribution in [2.45, 2.75) is 18.9 Å². The van der Waals surface area contributed by atoms with E-state index in [4.69, 9.17) is 15.9 Å². The number of rotatable bonds is 7. The van der Waals surface area contributed by atoms with Crippen LogP contribution in [0.1, 0.15) is 12.0 Å². The van der Waals surface area contributed by atoms with Crippen LogP contribution in [0.3, 0.4) is 0 Å². The van der Waals surface area contributed by atoms with Crippen LogP contribution in [0, 0.1) is 11.7 Å². The molecule has 5 nitrogen and oxygen atoms in total.